The standard InChI is InChI=1S/C22H22F3N3O3/c23-22(24,25)17-10-18(12-26-11-17)28-8-7-21(13-28,20(30)31)27-19(29)9-14-1-3-15(4-2-14)16-5-6-16/h1-4,10-12,16H,5-9,13H2,(H,27,29)(H,30,31)/t21-/m0/s1. The van der Waals surface area contributed by atoms with Gasteiger partial charge in [0.15, 0.2) is 5.54 Å². The van der Waals surface area contributed by atoms with Gasteiger partial charge in [-0.25, -0.2) is 4.79 Å². The number of nitrogens with one attached hydrogen (secondary N) is 1. The molecule has 0 bridgehead atoms. The Hall–Kier alpha value is -3.10. The molecule has 9 heteroatoms. The van der Waals surface area contributed by atoms with Crippen LogP contribution in [-0.4, -0.2) is 40.6 Å². The number of nitrogens with zero attached hydrogens (tertiary/aromatic N) is 2. The lowest BCUT2D eigenvalue weighted by atomic mass is 9.98. The molecule has 1 aliphatic carbocycles. The first kappa shape index (κ1) is 21.1. The highest BCUT2D eigenvalue weighted by Gasteiger charge is 2.46. The minimum absolute atomic E-state index is 0.0328. The molecule has 164 valence electrons. The number of carboxylic acids is 1. The smallest absolute Gasteiger partial charge is 0.417 e. The van der Waals surface area contributed by atoms with Gasteiger partial charge in [-0.15, -0.1) is 0 Å². The summed E-state index contributed by atoms with van der Waals surface area (Å²) in [6.07, 6.45) is -0.0969. The molecule has 31 heavy (non-hydrogen) atoms. The van der Waals surface area contributed by atoms with Crippen LogP contribution in [0.5, 0.6) is 0 Å². The SMILES string of the molecule is O=C(Cc1ccc(C2CC2)cc1)N[C@@]1(C(=O)O)CCN(c2cncc(C(F)(F)F)c2)C1. The molecule has 4 rings (SSSR count). The predicted molar refractivity (Wildman–Crippen MR) is 107 cm³/mol. The highest BCUT2D eigenvalue weighted by molar-refractivity contribution is 5.89. The fourth-order valence-electron chi connectivity index (χ4n) is 3.94. The van der Waals surface area contributed by atoms with Crippen molar-refractivity contribution in [3.63, 3.8) is 0 Å². The van der Waals surface area contributed by atoms with Crippen LogP contribution in [0.4, 0.5) is 18.9 Å². The van der Waals surface area contributed by atoms with Crippen molar-refractivity contribution in [1.82, 2.24) is 10.3 Å². The summed E-state index contributed by atoms with van der Waals surface area (Å²) in [6, 6.07) is 8.66. The normalized spacial score (nSPS) is 21.2. The second kappa shape index (κ2) is 7.86. The zero-order valence-corrected chi connectivity index (χ0v) is 16.7. The van der Waals surface area contributed by atoms with Crippen LogP contribution in [0.25, 0.3) is 0 Å². The number of benzene rings is 1. The van der Waals surface area contributed by atoms with E-state index in [4.69, 9.17) is 0 Å². The van der Waals surface area contributed by atoms with Crippen molar-refractivity contribution in [3.05, 3.63) is 59.4 Å². The first-order chi connectivity index (χ1) is 14.7. The Kier molecular flexibility index (Phi) is 5.36. The molecule has 6 nitrogen and oxygen atoms in total. The Morgan fingerprint density at radius 3 is 2.52 bits per heavy atom. The molecule has 1 amide bonds. The largest absolute Gasteiger partial charge is 0.479 e. The van der Waals surface area contributed by atoms with Gasteiger partial charge < -0.3 is 15.3 Å². The van der Waals surface area contributed by atoms with Gasteiger partial charge in [-0.3, -0.25) is 9.78 Å². The van der Waals surface area contributed by atoms with Gasteiger partial charge in [-0.1, -0.05) is 24.3 Å². The first-order valence-corrected chi connectivity index (χ1v) is 10.1. The van der Waals surface area contributed by atoms with E-state index in [2.05, 4.69) is 10.3 Å². The molecule has 2 N–H and O–H groups in total. The maximum atomic E-state index is 13.0. The van der Waals surface area contributed by atoms with Crippen molar-refractivity contribution in [3.8, 4) is 0 Å². The van der Waals surface area contributed by atoms with Crippen LogP contribution >= 0.6 is 0 Å². The number of hydrogen-bond acceptors (Lipinski definition) is 4. The van der Waals surface area contributed by atoms with Crippen molar-refractivity contribution in [2.45, 2.75) is 43.3 Å². The van der Waals surface area contributed by atoms with Crippen molar-refractivity contribution in [1.29, 1.82) is 0 Å². The van der Waals surface area contributed by atoms with E-state index in [1.54, 1.807) is 0 Å². The lowest BCUT2D eigenvalue weighted by Crippen LogP contribution is -2.56. The maximum Gasteiger partial charge on any atom is 0.417 e. The number of aromatic nitrogens is 1. The van der Waals surface area contributed by atoms with Crippen LogP contribution in [0, 0.1) is 0 Å². The third-order valence-corrected chi connectivity index (χ3v) is 5.87. The summed E-state index contributed by atoms with van der Waals surface area (Å²) < 4.78 is 38.9. The summed E-state index contributed by atoms with van der Waals surface area (Å²) in [7, 11) is 0. The second-order valence-corrected chi connectivity index (χ2v) is 8.23. The molecular formula is C22H22F3N3O3. The van der Waals surface area contributed by atoms with E-state index in [0.29, 0.717) is 5.92 Å². The summed E-state index contributed by atoms with van der Waals surface area (Å²) >= 11 is 0. The molecule has 1 saturated carbocycles. The summed E-state index contributed by atoms with van der Waals surface area (Å²) in [5.74, 6) is -1.05. The van der Waals surface area contributed by atoms with E-state index in [1.807, 2.05) is 24.3 Å². The average molecular weight is 433 g/mol. The molecule has 1 saturated heterocycles. The van der Waals surface area contributed by atoms with Crippen molar-refractivity contribution in [2.75, 3.05) is 18.0 Å². The third kappa shape index (κ3) is 4.65. The van der Waals surface area contributed by atoms with Crippen molar-refractivity contribution in [2.24, 2.45) is 0 Å². The van der Waals surface area contributed by atoms with E-state index in [0.717, 1.165) is 17.8 Å². The molecule has 0 unspecified atom stereocenters. The maximum absolute atomic E-state index is 13.0. The minimum atomic E-state index is -4.55. The fourth-order valence-corrected chi connectivity index (χ4v) is 3.94. The molecule has 0 radical (unpaired) electrons. The summed E-state index contributed by atoms with van der Waals surface area (Å²) in [4.78, 5) is 29.7. The monoisotopic (exact) mass is 433 g/mol. The van der Waals surface area contributed by atoms with Gasteiger partial charge in [0, 0.05) is 19.2 Å². The van der Waals surface area contributed by atoms with Gasteiger partial charge in [0.2, 0.25) is 5.91 Å². The molecule has 1 atom stereocenters. The quantitative estimate of drug-likeness (QED) is 0.730. The van der Waals surface area contributed by atoms with E-state index in [9.17, 15) is 27.9 Å². The second-order valence-electron chi connectivity index (χ2n) is 8.23. The zero-order chi connectivity index (χ0) is 22.2. The Morgan fingerprint density at radius 2 is 1.90 bits per heavy atom. The van der Waals surface area contributed by atoms with Gasteiger partial charge >= 0.3 is 12.1 Å². The Bertz CT molecular complexity index is 989. The molecule has 2 fully saturated rings. The highest BCUT2D eigenvalue weighted by atomic mass is 19.4. The molecule has 1 aromatic carbocycles. The number of hydrogen-bond donors (Lipinski definition) is 2. The Balaban J connectivity index is 1.44. The van der Waals surface area contributed by atoms with Crippen LogP contribution in [-0.2, 0) is 22.2 Å². The molecule has 2 aliphatic rings. The topological polar surface area (TPSA) is 82.5 Å². The highest BCUT2D eigenvalue weighted by Crippen LogP contribution is 2.40. The Morgan fingerprint density at radius 1 is 1.19 bits per heavy atom. The lowest BCUT2D eigenvalue weighted by Gasteiger charge is -2.27. The fraction of sp³-hybridized carbons (Fsp3) is 0.409. The number of pyridine rings is 1. The van der Waals surface area contributed by atoms with Crippen LogP contribution in [0.2, 0.25) is 0 Å². The number of alkyl halides is 3. The van der Waals surface area contributed by atoms with Crippen LogP contribution in [0.1, 0.15) is 41.9 Å². The number of carbonyl (C=O) groups excluding carboxylic acids is 1. The zero-order valence-electron chi connectivity index (χ0n) is 16.7. The average Bonchev–Trinajstić information content (AvgIpc) is 3.48. The summed E-state index contributed by atoms with van der Waals surface area (Å²) in [6.45, 7) is 0.0450. The number of carbonyl (C=O) groups is 2. The van der Waals surface area contributed by atoms with E-state index < -0.39 is 29.2 Å². The summed E-state index contributed by atoms with van der Waals surface area (Å²) in [5, 5.41) is 12.4. The number of rotatable bonds is 6. The number of halogens is 3. The number of carboxylic acid groups (broad SMARTS) is 1. The van der Waals surface area contributed by atoms with Gasteiger partial charge in [0.05, 0.1) is 30.4 Å². The van der Waals surface area contributed by atoms with Crippen LogP contribution in [0.3, 0.4) is 0 Å². The molecule has 2 heterocycles. The third-order valence-electron chi connectivity index (χ3n) is 5.87. The van der Waals surface area contributed by atoms with Gasteiger partial charge in [0.25, 0.3) is 0 Å². The Labute approximate surface area is 177 Å². The van der Waals surface area contributed by atoms with Crippen molar-refractivity contribution < 1.29 is 27.9 Å². The number of aliphatic carboxylic acids is 1. The van der Waals surface area contributed by atoms with E-state index in [-0.39, 0.29) is 31.6 Å². The minimum Gasteiger partial charge on any atom is -0.479 e. The predicted octanol–water partition coefficient (Wildman–Crippen LogP) is 3.37. The molecule has 1 aliphatic heterocycles. The lowest BCUT2D eigenvalue weighted by molar-refractivity contribution is -0.146. The van der Waals surface area contributed by atoms with Crippen LogP contribution in [0.15, 0.2) is 42.7 Å². The van der Waals surface area contributed by atoms with Crippen LogP contribution < -0.4 is 10.2 Å². The van der Waals surface area contributed by atoms with Gasteiger partial charge in [-0.2, -0.15) is 13.2 Å². The molecule has 1 aromatic heterocycles. The number of amides is 1. The summed E-state index contributed by atoms with van der Waals surface area (Å²) in [5.41, 5.74) is -0.287. The van der Waals surface area contributed by atoms with Gasteiger partial charge in [0.1, 0.15) is 0 Å². The first-order valence-electron chi connectivity index (χ1n) is 10.1. The van der Waals surface area contributed by atoms with E-state index >= 15 is 0 Å². The molecule has 0 spiro atoms. The van der Waals surface area contributed by atoms with Crippen molar-refractivity contribution >= 4 is 17.6 Å². The number of anilines is 1. The molecule has 2 aromatic rings. The van der Waals surface area contributed by atoms with Gasteiger partial charge in [-0.05, 0) is 36.0 Å². The molecular weight excluding hydrogens is 411 g/mol. The van der Waals surface area contributed by atoms with E-state index in [1.165, 1.54) is 29.5 Å².